The van der Waals surface area contributed by atoms with Crippen molar-refractivity contribution >= 4 is 15.7 Å². The van der Waals surface area contributed by atoms with Crippen molar-refractivity contribution in [2.24, 2.45) is 11.8 Å². The molecule has 0 atom stereocenters. The minimum atomic E-state index is -3.89. The van der Waals surface area contributed by atoms with Gasteiger partial charge in [-0.3, -0.25) is 0 Å². The lowest BCUT2D eigenvalue weighted by Gasteiger charge is -2.26. The van der Waals surface area contributed by atoms with E-state index in [4.69, 9.17) is 5.73 Å². The van der Waals surface area contributed by atoms with E-state index in [0.717, 1.165) is 0 Å². The van der Waals surface area contributed by atoms with Gasteiger partial charge in [0.2, 0.25) is 10.0 Å². The fourth-order valence-corrected chi connectivity index (χ4v) is 4.12. The Labute approximate surface area is 127 Å². The fourth-order valence-electron chi connectivity index (χ4n) is 2.18. The van der Waals surface area contributed by atoms with Gasteiger partial charge in [0.25, 0.3) is 0 Å². The molecule has 4 nitrogen and oxygen atoms in total. The molecule has 1 aromatic rings. The Morgan fingerprint density at radius 2 is 1.62 bits per heavy atom. The van der Waals surface area contributed by atoms with Crippen molar-refractivity contribution in [3.05, 3.63) is 23.5 Å². The molecule has 0 aliphatic heterocycles. The fraction of sp³-hybridized carbons (Fsp3) is 0.600. The van der Waals surface area contributed by atoms with Gasteiger partial charge in [-0.05, 0) is 36.5 Å². The predicted molar refractivity (Wildman–Crippen MR) is 84.0 cm³/mol. The monoisotopic (exact) mass is 316 g/mol. The maximum Gasteiger partial charge on any atom is 0.246 e. The highest BCUT2D eigenvalue weighted by atomic mass is 32.2. The average molecular weight is 316 g/mol. The molecule has 1 rings (SSSR count). The van der Waals surface area contributed by atoms with Crippen LogP contribution in [-0.2, 0) is 10.0 Å². The topological polar surface area (TPSA) is 63.4 Å². The Balaban J connectivity index is 3.35. The highest BCUT2D eigenvalue weighted by Crippen LogP contribution is 2.26. The molecule has 2 N–H and O–H groups in total. The smallest absolute Gasteiger partial charge is 0.246 e. The minimum Gasteiger partial charge on any atom is -0.399 e. The van der Waals surface area contributed by atoms with Crippen molar-refractivity contribution in [3.8, 4) is 0 Å². The number of halogens is 1. The van der Waals surface area contributed by atoms with E-state index in [1.807, 2.05) is 27.7 Å². The van der Waals surface area contributed by atoms with Gasteiger partial charge in [-0.25, -0.2) is 12.8 Å². The number of anilines is 1. The zero-order valence-corrected chi connectivity index (χ0v) is 14.2. The molecular weight excluding hydrogens is 291 g/mol. The first-order chi connectivity index (χ1) is 9.55. The third kappa shape index (κ3) is 4.41. The molecule has 0 radical (unpaired) electrons. The van der Waals surface area contributed by atoms with E-state index >= 15 is 0 Å². The Kier molecular flexibility index (Phi) is 5.75. The molecule has 0 aliphatic rings. The van der Waals surface area contributed by atoms with E-state index < -0.39 is 15.8 Å². The SMILES string of the molecule is Cc1cc(N)cc(S(=O)(=O)N(CC(C)C)CC(C)C)c1F. The van der Waals surface area contributed by atoms with Gasteiger partial charge in [-0.15, -0.1) is 0 Å². The second-order valence-electron chi connectivity index (χ2n) is 6.26. The molecule has 6 heteroatoms. The third-order valence-corrected chi connectivity index (χ3v) is 4.83. The van der Waals surface area contributed by atoms with E-state index in [1.165, 1.54) is 23.4 Å². The average Bonchev–Trinajstić information content (AvgIpc) is 2.31. The van der Waals surface area contributed by atoms with Crippen molar-refractivity contribution in [2.45, 2.75) is 39.5 Å². The largest absolute Gasteiger partial charge is 0.399 e. The first-order valence-corrected chi connectivity index (χ1v) is 8.55. The number of nitrogens with two attached hydrogens (primary N) is 1. The van der Waals surface area contributed by atoms with Crippen LogP contribution >= 0.6 is 0 Å². The highest BCUT2D eigenvalue weighted by Gasteiger charge is 2.29. The molecule has 120 valence electrons. The van der Waals surface area contributed by atoms with Crippen molar-refractivity contribution < 1.29 is 12.8 Å². The standard InChI is InChI=1S/C15H25FN2O2S/c1-10(2)8-18(9-11(3)4)21(19,20)14-7-13(17)6-12(5)15(14)16/h6-7,10-11H,8-9,17H2,1-5H3. The van der Waals surface area contributed by atoms with Gasteiger partial charge in [-0.2, -0.15) is 4.31 Å². The van der Waals surface area contributed by atoms with E-state index in [-0.39, 0.29) is 28.0 Å². The van der Waals surface area contributed by atoms with Gasteiger partial charge in [0.1, 0.15) is 10.7 Å². The van der Waals surface area contributed by atoms with Gasteiger partial charge in [0.15, 0.2) is 0 Å². The number of rotatable bonds is 6. The van der Waals surface area contributed by atoms with Crippen LogP contribution in [0.4, 0.5) is 10.1 Å². The zero-order chi connectivity index (χ0) is 16.4. The Hall–Kier alpha value is -1.14. The molecule has 0 fully saturated rings. The third-order valence-electron chi connectivity index (χ3n) is 3.00. The molecule has 0 heterocycles. The van der Waals surface area contributed by atoms with E-state index in [2.05, 4.69) is 0 Å². The van der Waals surface area contributed by atoms with Gasteiger partial charge in [-0.1, -0.05) is 27.7 Å². The van der Waals surface area contributed by atoms with Crippen LogP contribution < -0.4 is 5.73 Å². The lowest BCUT2D eigenvalue weighted by molar-refractivity contribution is 0.332. The molecule has 0 amide bonds. The molecule has 1 aromatic carbocycles. The van der Waals surface area contributed by atoms with E-state index in [1.54, 1.807) is 0 Å². The molecular formula is C15H25FN2O2S. The lowest BCUT2D eigenvalue weighted by atomic mass is 10.2. The van der Waals surface area contributed by atoms with Gasteiger partial charge in [0.05, 0.1) is 0 Å². The van der Waals surface area contributed by atoms with Crippen molar-refractivity contribution in [1.29, 1.82) is 0 Å². The van der Waals surface area contributed by atoms with Gasteiger partial charge >= 0.3 is 0 Å². The summed E-state index contributed by atoms with van der Waals surface area (Å²) in [5.74, 6) is -0.408. The highest BCUT2D eigenvalue weighted by molar-refractivity contribution is 7.89. The summed E-state index contributed by atoms with van der Waals surface area (Å²) in [7, 11) is -3.89. The van der Waals surface area contributed by atoms with E-state index in [9.17, 15) is 12.8 Å². The van der Waals surface area contributed by atoms with Crippen LogP contribution in [0.15, 0.2) is 17.0 Å². The van der Waals surface area contributed by atoms with Crippen LogP contribution in [-0.4, -0.2) is 25.8 Å². The maximum atomic E-state index is 14.3. The quantitative estimate of drug-likeness (QED) is 0.821. The summed E-state index contributed by atoms with van der Waals surface area (Å²) in [6, 6.07) is 2.63. The Morgan fingerprint density at radius 1 is 1.14 bits per heavy atom. The molecule has 0 saturated heterocycles. The lowest BCUT2D eigenvalue weighted by Crippen LogP contribution is -2.37. The second kappa shape index (κ2) is 6.75. The summed E-state index contributed by atoms with van der Waals surface area (Å²) >= 11 is 0. The number of nitrogen functional groups attached to an aromatic ring is 1. The zero-order valence-electron chi connectivity index (χ0n) is 13.4. The number of hydrogen-bond donors (Lipinski definition) is 1. The van der Waals surface area contributed by atoms with Crippen LogP contribution in [0.25, 0.3) is 0 Å². The van der Waals surface area contributed by atoms with Crippen LogP contribution in [0.3, 0.4) is 0 Å². The van der Waals surface area contributed by atoms with Gasteiger partial charge in [0, 0.05) is 18.8 Å². The van der Waals surface area contributed by atoms with Gasteiger partial charge < -0.3 is 5.73 Å². The summed E-state index contributed by atoms with van der Waals surface area (Å²) in [5.41, 5.74) is 6.17. The summed E-state index contributed by atoms with van der Waals surface area (Å²) in [6.07, 6.45) is 0. The Morgan fingerprint density at radius 3 is 2.05 bits per heavy atom. The first kappa shape index (κ1) is 17.9. The molecule has 0 unspecified atom stereocenters. The normalized spacial score (nSPS) is 12.6. The maximum absolute atomic E-state index is 14.3. The number of sulfonamides is 1. The van der Waals surface area contributed by atoms with Crippen molar-refractivity contribution in [2.75, 3.05) is 18.8 Å². The van der Waals surface area contributed by atoms with Crippen LogP contribution in [0.1, 0.15) is 33.3 Å². The molecule has 21 heavy (non-hydrogen) atoms. The van der Waals surface area contributed by atoms with Crippen molar-refractivity contribution in [1.82, 2.24) is 4.31 Å². The number of benzene rings is 1. The molecule has 0 bridgehead atoms. The molecule has 0 aromatic heterocycles. The summed E-state index contributed by atoms with van der Waals surface area (Å²) < 4.78 is 41.1. The van der Waals surface area contributed by atoms with Crippen LogP contribution in [0.2, 0.25) is 0 Å². The predicted octanol–water partition coefficient (Wildman–Crippen LogP) is 3.02. The van der Waals surface area contributed by atoms with Crippen LogP contribution in [0.5, 0.6) is 0 Å². The molecule has 0 spiro atoms. The summed E-state index contributed by atoms with van der Waals surface area (Å²) in [5, 5.41) is 0. The first-order valence-electron chi connectivity index (χ1n) is 7.11. The van der Waals surface area contributed by atoms with Crippen molar-refractivity contribution in [3.63, 3.8) is 0 Å². The summed E-state index contributed by atoms with van der Waals surface area (Å²) in [6.45, 7) is 9.96. The molecule has 0 aliphatic carbocycles. The summed E-state index contributed by atoms with van der Waals surface area (Å²) in [4.78, 5) is -0.332. The number of nitrogens with zero attached hydrogens (tertiary/aromatic N) is 1. The van der Waals surface area contributed by atoms with E-state index in [0.29, 0.717) is 13.1 Å². The van der Waals surface area contributed by atoms with Crippen LogP contribution in [0, 0.1) is 24.6 Å². The minimum absolute atomic E-state index is 0.156. The molecule has 0 saturated carbocycles. The number of hydrogen-bond acceptors (Lipinski definition) is 3. The second-order valence-corrected chi connectivity index (χ2v) is 8.17. The Bertz CT molecular complexity index is 588. The number of aryl methyl sites for hydroxylation is 1.